The molecule has 0 amide bonds. The van der Waals surface area contributed by atoms with Crippen LogP contribution in [0.3, 0.4) is 0 Å². The molecule has 1 fully saturated rings. The number of Topliss-reactive ketones (excluding diaryl/α,β-unsaturated/α-hetero) is 1. The number of ketones is 1. The van der Waals surface area contributed by atoms with Gasteiger partial charge >= 0.3 is 0 Å². The number of hydrogen-bond acceptors (Lipinski definition) is 6. The molecular formula is C17H13N3O4. The Morgan fingerprint density at radius 3 is 2.67 bits per heavy atom. The number of carbonyl (C=O) groups is 1. The molecule has 2 aliphatic heterocycles. The molecule has 2 heterocycles. The number of fused-ring (bicyclic) bond motifs is 2. The van der Waals surface area contributed by atoms with Gasteiger partial charge in [0, 0.05) is 36.3 Å². The highest BCUT2D eigenvalue weighted by molar-refractivity contribution is 6.28. The number of nitrogens with zero attached hydrogens (tertiary/aromatic N) is 3. The summed E-state index contributed by atoms with van der Waals surface area (Å²) in [5.41, 5.74) is -0.577. The predicted molar refractivity (Wildman–Crippen MR) is 87.9 cm³/mol. The lowest BCUT2D eigenvalue weighted by atomic mass is 9.87. The van der Waals surface area contributed by atoms with Gasteiger partial charge in [0.15, 0.2) is 5.60 Å². The molecule has 2 aromatic rings. The van der Waals surface area contributed by atoms with Crippen LogP contribution in [-0.2, 0) is 0 Å². The molecule has 1 atom stereocenters. The van der Waals surface area contributed by atoms with Crippen LogP contribution >= 0.6 is 0 Å². The molecule has 2 aromatic carbocycles. The molecule has 0 bridgehead atoms. The van der Waals surface area contributed by atoms with E-state index in [1.54, 1.807) is 4.90 Å². The Balaban J connectivity index is 1.88. The second-order valence-electron chi connectivity index (χ2n) is 5.82. The summed E-state index contributed by atoms with van der Waals surface area (Å²) >= 11 is 0. The molecule has 0 spiro atoms. The van der Waals surface area contributed by atoms with E-state index >= 15 is 0 Å². The Morgan fingerprint density at radius 1 is 1.21 bits per heavy atom. The van der Waals surface area contributed by atoms with Crippen LogP contribution in [0, 0.1) is 10.1 Å². The number of rotatable bonds is 2. The standard InChI is InChI=1S/C17H13N3O4/c21-15-13-7-6-12(20(23)24)10-14(13)18-16-17(15,22)8-9-19(16)11-4-2-1-3-5-11/h1-7,10,22H,8-9H2. The number of aliphatic hydroxyl groups is 1. The summed E-state index contributed by atoms with van der Waals surface area (Å²) in [6.45, 7) is 0.446. The maximum atomic E-state index is 12.8. The fourth-order valence-corrected chi connectivity index (χ4v) is 3.20. The van der Waals surface area contributed by atoms with Gasteiger partial charge < -0.3 is 10.0 Å². The molecule has 120 valence electrons. The summed E-state index contributed by atoms with van der Waals surface area (Å²) in [6.07, 6.45) is 0.232. The van der Waals surface area contributed by atoms with Crippen LogP contribution in [0.5, 0.6) is 0 Å². The number of para-hydroxylation sites is 1. The Labute approximate surface area is 137 Å². The van der Waals surface area contributed by atoms with Gasteiger partial charge in [0.25, 0.3) is 5.69 Å². The van der Waals surface area contributed by atoms with Crippen molar-refractivity contribution >= 4 is 28.7 Å². The Bertz CT molecular complexity index is 894. The number of carbonyl (C=O) groups excluding carboxylic acids is 1. The number of amidine groups is 1. The fraction of sp³-hybridized carbons (Fsp3) is 0.176. The van der Waals surface area contributed by atoms with E-state index in [9.17, 15) is 20.0 Å². The fourth-order valence-electron chi connectivity index (χ4n) is 3.20. The van der Waals surface area contributed by atoms with Gasteiger partial charge in [-0.25, -0.2) is 4.99 Å². The smallest absolute Gasteiger partial charge is 0.271 e. The maximum absolute atomic E-state index is 12.8. The number of anilines is 1. The van der Waals surface area contributed by atoms with Gasteiger partial charge in [0.1, 0.15) is 5.84 Å². The molecule has 0 saturated carbocycles. The van der Waals surface area contributed by atoms with Crippen molar-refractivity contribution in [1.82, 2.24) is 0 Å². The molecule has 2 aliphatic rings. The molecule has 24 heavy (non-hydrogen) atoms. The highest BCUT2D eigenvalue weighted by Crippen LogP contribution is 2.40. The third-order valence-electron chi connectivity index (χ3n) is 4.43. The van der Waals surface area contributed by atoms with Crippen LogP contribution in [0.1, 0.15) is 16.8 Å². The number of benzene rings is 2. The minimum absolute atomic E-state index is 0.138. The first kappa shape index (κ1) is 14.5. The SMILES string of the molecule is O=C1c2ccc([N+](=O)[O-])cc2N=C2N(c3ccccc3)CCC12O. The molecule has 7 heteroatoms. The van der Waals surface area contributed by atoms with Crippen molar-refractivity contribution in [2.24, 2.45) is 4.99 Å². The van der Waals surface area contributed by atoms with Gasteiger partial charge in [0.05, 0.1) is 10.6 Å². The van der Waals surface area contributed by atoms with Crippen molar-refractivity contribution in [2.75, 3.05) is 11.4 Å². The van der Waals surface area contributed by atoms with E-state index in [1.807, 2.05) is 30.3 Å². The van der Waals surface area contributed by atoms with Crippen molar-refractivity contribution in [1.29, 1.82) is 0 Å². The second kappa shape index (κ2) is 4.97. The first-order valence-electron chi connectivity index (χ1n) is 7.48. The van der Waals surface area contributed by atoms with Crippen LogP contribution in [0.25, 0.3) is 0 Å². The van der Waals surface area contributed by atoms with Crippen LogP contribution in [0.15, 0.2) is 53.5 Å². The van der Waals surface area contributed by atoms with E-state index in [2.05, 4.69) is 4.99 Å². The zero-order chi connectivity index (χ0) is 16.9. The number of hydrogen-bond donors (Lipinski definition) is 1. The zero-order valence-corrected chi connectivity index (χ0v) is 12.5. The predicted octanol–water partition coefficient (Wildman–Crippen LogP) is 2.46. The van der Waals surface area contributed by atoms with E-state index in [0.717, 1.165) is 5.69 Å². The van der Waals surface area contributed by atoms with Gasteiger partial charge in [-0.15, -0.1) is 0 Å². The summed E-state index contributed by atoms with van der Waals surface area (Å²) in [4.78, 5) is 29.4. The van der Waals surface area contributed by atoms with Gasteiger partial charge in [-0.05, 0) is 18.2 Å². The molecule has 0 aromatic heterocycles. The molecule has 1 saturated heterocycles. The normalized spacial score (nSPS) is 22.0. The highest BCUT2D eigenvalue weighted by Gasteiger charge is 2.52. The molecule has 0 aliphatic carbocycles. The van der Waals surface area contributed by atoms with Crippen molar-refractivity contribution in [3.8, 4) is 0 Å². The average Bonchev–Trinajstić information content (AvgIpc) is 2.93. The van der Waals surface area contributed by atoms with E-state index in [1.165, 1.54) is 18.2 Å². The van der Waals surface area contributed by atoms with Crippen LogP contribution in [0.2, 0.25) is 0 Å². The van der Waals surface area contributed by atoms with Crippen molar-refractivity contribution in [3.05, 3.63) is 64.2 Å². The third-order valence-corrected chi connectivity index (χ3v) is 4.43. The lowest BCUT2D eigenvalue weighted by Crippen LogP contribution is -2.48. The van der Waals surface area contributed by atoms with Gasteiger partial charge in [-0.2, -0.15) is 0 Å². The minimum Gasteiger partial charge on any atom is -0.374 e. The lowest BCUT2D eigenvalue weighted by Gasteiger charge is -2.29. The summed E-state index contributed by atoms with van der Waals surface area (Å²) in [5.74, 6) is -0.234. The molecule has 0 radical (unpaired) electrons. The first-order valence-corrected chi connectivity index (χ1v) is 7.48. The Morgan fingerprint density at radius 2 is 1.96 bits per heavy atom. The average molecular weight is 323 g/mol. The van der Waals surface area contributed by atoms with Crippen LogP contribution < -0.4 is 4.90 Å². The topological polar surface area (TPSA) is 96.0 Å². The second-order valence-corrected chi connectivity index (χ2v) is 5.82. The highest BCUT2D eigenvalue weighted by atomic mass is 16.6. The maximum Gasteiger partial charge on any atom is 0.271 e. The Kier molecular flexibility index (Phi) is 3.01. The van der Waals surface area contributed by atoms with E-state index < -0.39 is 16.3 Å². The van der Waals surface area contributed by atoms with E-state index in [0.29, 0.717) is 6.54 Å². The van der Waals surface area contributed by atoms with Gasteiger partial charge in [0.2, 0.25) is 5.78 Å². The molecule has 1 unspecified atom stereocenters. The van der Waals surface area contributed by atoms with Crippen molar-refractivity contribution in [2.45, 2.75) is 12.0 Å². The zero-order valence-electron chi connectivity index (χ0n) is 12.5. The first-order chi connectivity index (χ1) is 11.5. The summed E-state index contributed by atoms with van der Waals surface area (Å²) in [5, 5.41) is 21.8. The molecule has 4 rings (SSSR count). The van der Waals surface area contributed by atoms with Gasteiger partial charge in [-0.3, -0.25) is 14.9 Å². The van der Waals surface area contributed by atoms with Gasteiger partial charge in [-0.1, -0.05) is 18.2 Å². The summed E-state index contributed by atoms with van der Waals surface area (Å²) < 4.78 is 0. The number of nitro groups is 1. The monoisotopic (exact) mass is 323 g/mol. The lowest BCUT2D eigenvalue weighted by molar-refractivity contribution is -0.384. The van der Waals surface area contributed by atoms with Crippen LogP contribution in [-0.4, -0.2) is 33.8 Å². The van der Waals surface area contributed by atoms with E-state index in [4.69, 9.17) is 0 Å². The largest absolute Gasteiger partial charge is 0.374 e. The summed E-state index contributed by atoms with van der Waals surface area (Å²) in [7, 11) is 0. The molecule has 1 N–H and O–H groups in total. The number of nitro benzene ring substituents is 1. The third kappa shape index (κ3) is 1.95. The van der Waals surface area contributed by atoms with E-state index in [-0.39, 0.29) is 29.2 Å². The number of aliphatic imine (C=N–C) groups is 1. The molecule has 7 nitrogen and oxygen atoms in total. The quantitative estimate of drug-likeness (QED) is 0.676. The van der Waals surface area contributed by atoms with Crippen molar-refractivity contribution in [3.63, 3.8) is 0 Å². The number of non-ortho nitro benzene ring substituents is 1. The Hall–Kier alpha value is -3.06. The summed E-state index contributed by atoms with van der Waals surface area (Å²) in [6, 6.07) is 13.2. The molecular weight excluding hydrogens is 310 g/mol. The van der Waals surface area contributed by atoms with Crippen molar-refractivity contribution < 1.29 is 14.8 Å². The minimum atomic E-state index is -1.68. The van der Waals surface area contributed by atoms with Crippen LogP contribution in [0.4, 0.5) is 17.1 Å².